The van der Waals surface area contributed by atoms with E-state index < -0.39 is 0 Å². The predicted octanol–water partition coefficient (Wildman–Crippen LogP) is 5.84. The molecule has 0 aliphatic rings. The maximum Gasteiger partial charge on any atom is 0.234 e. The smallest absolute Gasteiger partial charge is 0.234 e. The summed E-state index contributed by atoms with van der Waals surface area (Å²) < 4.78 is 2.00. The van der Waals surface area contributed by atoms with Crippen LogP contribution in [0.25, 0.3) is 5.69 Å². The number of para-hydroxylation sites is 1. The Hall–Kier alpha value is -3.58. The van der Waals surface area contributed by atoms with Crippen LogP contribution in [0.2, 0.25) is 0 Å². The van der Waals surface area contributed by atoms with Crippen LogP contribution < -0.4 is 10.6 Å². The van der Waals surface area contributed by atoms with Crippen LogP contribution in [0.4, 0.5) is 11.4 Å². The third-order valence-corrected chi connectivity index (χ3v) is 6.42. The number of nitrogens with one attached hydrogen (secondary N) is 2. The number of anilines is 2. The minimum atomic E-state index is -0.0676. The van der Waals surface area contributed by atoms with Crippen LogP contribution in [0.5, 0.6) is 0 Å². The van der Waals surface area contributed by atoms with Gasteiger partial charge in [0.15, 0.2) is 11.0 Å². The number of carbonyl (C=O) groups excluding carboxylic acids is 1. The molecule has 1 amide bonds. The summed E-state index contributed by atoms with van der Waals surface area (Å²) >= 11 is 1.38. The molecule has 0 aliphatic carbocycles. The normalized spacial score (nSPS) is 10.8. The minimum Gasteiger partial charge on any atom is -0.378 e. The van der Waals surface area contributed by atoms with Crippen LogP contribution in [-0.2, 0) is 11.3 Å². The third-order valence-electron chi connectivity index (χ3n) is 5.49. The van der Waals surface area contributed by atoms with Crippen molar-refractivity contribution in [3.05, 3.63) is 94.8 Å². The summed E-state index contributed by atoms with van der Waals surface area (Å²) in [6, 6.07) is 22.4. The lowest BCUT2D eigenvalue weighted by Gasteiger charge is -2.13. The van der Waals surface area contributed by atoms with E-state index in [0.717, 1.165) is 34.0 Å². The van der Waals surface area contributed by atoms with Crippen molar-refractivity contribution in [2.45, 2.75) is 39.4 Å². The van der Waals surface area contributed by atoms with Crippen molar-refractivity contribution in [2.24, 2.45) is 0 Å². The maximum absolute atomic E-state index is 12.8. The molecule has 0 atom stereocenters. The summed E-state index contributed by atoms with van der Waals surface area (Å²) in [5.74, 6) is 0.949. The summed E-state index contributed by atoms with van der Waals surface area (Å²) in [5.41, 5.74) is 7.38. The van der Waals surface area contributed by atoms with Crippen molar-refractivity contribution in [3.63, 3.8) is 0 Å². The Morgan fingerprint density at radius 1 is 0.882 bits per heavy atom. The molecular weight excluding hydrogens is 442 g/mol. The number of amides is 1. The molecule has 34 heavy (non-hydrogen) atoms. The second-order valence-electron chi connectivity index (χ2n) is 8.40. The van der Waals surface area contributed by atoms with E-state index >= 15 is 0 Å². The van der Waals surface area contributed by atoms with E-state index in [1.807, 2.05) is 60.9 Å². The van der Waals surface area contributed by atoms with Crippen LogP contribution in [0.15, 0.2) is 71.9 Å². The molecule has 0 bridgehead atoms. The lowest BCUT2D eigenvalue weighted by Crippen LogP contribution is -2.16. The fourth-order valence-electron chi connectivity index (χ4n) is 3.88. The number of aromatic nitrogens is 3. The van der Waals surface area contributed by atoms with Gasteiger partial charge in [0.2, 0.25) is 5.91 Å². The largest absolute Gasteiger partial charge is 0.378 e. The molecule has 4 rings (SSSR count). The van der Waals surface area contributed by atoms with Gasteiger partial charge in [-0.3, -0.25) is 9.36 Å². The van der Waals surface area contributed by atoms with Gasteiger partial charge in [-0.25, -0.2) is 0 Å². The lowest BCUT2D eigenvalue weighted by atomic mass is 10.1. The molecule has 0 aliphatic heterocycles. The molecule has 0 saturated carbocycles. The van der Waals surface area contributed by atoms with Crippen molar-refractivity contribution < 1.29 is 4.79 Å². The molecule has 7 heteroatoms. The van der Waals surface area contributed by atoms with Crippen molar-refractivity contribution in [3.8, 4) is 5.69 Å². The zero-order chi connectivity index (χ0) is 24.1. The second kappa shape index (κ2) is 10.6. The van der Waals surface area contributed by atoms with E-state index in [-0.39, 0.29) is 11.7 Å². The Morgan fingerprint density at radius 2 is 1.56 bits per heavy atom. The quantitative estimate of drug-likeness (QED) is 0.316. The van der Waals surface area contributed by atoms with Crippen LogP contribution in [0.1, 0.15) is 28.1 Å². The standard InChI is InChI=1S/C27H29N5OS/c1-18-10-12-22(13-11-18)28-16-24-30-31-27(32(24)23-8-6-5-7-9-23)34-17-25(33)29-26-20(3)14-19(2)15-21(26)4/h5-15,28H,16-17H2,1-4H3,(H,29,33). The number of benzene rings is 3. The number of thioether (sulfide) groups is 1. The monoisotopic (exact) mass is 471 g/mol. The molecule has 0 fully saturated rings. The van der Waals surface area contributed by atoms with Crippen LogP contribution in [0.3, 0.4) is 0 Å². The summed E-state index contributed by atoms with van der Waals surface area (Å²) in [5, 5.41) is 16.0. The first kappa shape index (κ1) is 23.6. The average Bonchev–Trinajstić information content (AvgIpc) is 3.23. The molecule has 0 spiro atoms. The molecule has 0 saturated heterocycles. The first-order chi connectivity index (χ1) is 16.4. The Kier molecular flexibility index (Phi) is 7.33. The fraction of sp³-hybridized carbons (Fsp3) is 0.222. The highest BCUT2D eigenvalue weighted by molar-refractivity contribution is 7.99. The van der Waals surface area contributed by atoms with Crippen LogP contribution in [0, 0.1) is 27.7 Å². The van der Waals surface area contributed by atoms with E-state index in [2.05, 4.69) is 58.9 Å². The first-order valence-electron chi connectivity index (χ1n) is 11.2. The van der Waals surface area contributed by atoms with Crippen LogP contribution in [-0.4, -0.2) is 26.4 Å². The summed E-state index contributed by atoms with van der Waals surface area (Å²) in [7, 11) is 0. The van der Waals surface area contributed by atoms with Crippen LogP contribution >= 0.6 is 11.8 Å². The van der Waals surface area contributed by atoms with Crippen molar-refractivity contribution >= 4 is 29.0 Å². The molecule has 2 N–H and O–H groups in total. The van der Waals surface area contributed by atoms with Gasteiger partial charge < -0.3 is 10.6 Å². The Balaban J connectivity index is 1.50. The van der Waals surface area contributed by atoms with Gasteiger partial charge in [-0.05, 0) is 63.1 Å². The van der Waals surface area contributed by atoms with Gasteiger partial charge >= 0.3 is 0 Å². The van der Waals surface area contributed by atoms with E-state index in [9.17, 15) is 4.79 Å². The topological polar surface area (TPSA) is 71.8 Å². The van der Waals surface area contributed by atoms with Crippen molar-refractivity contribution in [1.29, 1.82) is 0 Å². The summed E-state index contributed by atoms with van der Waals surface area (Å²) in [6.45, 7) is 8.67. The Morgan fingerprint density at radius 3 is 2.24 bits per heavy atom. The van der Waals surface area contributed by atoms with Crippen molar-refractivity contribution in [1.82, 2.24) is 14.8 Å². The number of nitrogens with zero attached hydrogens (tertiary/aromatic N) is 3. The Labute approximate surface area is 204 Å². The molecule has 174 valence electrons. The SMILES string of the molecule is Cc1ccc(NCc2nnc(SCC(=O)Nc3c(C)cc(C)cc3C)n2-c2ccccc2)cc1. The highest BCUT2D eigenvalue weighted by Crippen LogP contribution is 2.25. The highest BCUT2D eigenvalue weighted by Gasteiger charge is 2.16. The maximum atomic E-state index is 12.8. The van der Waals surface area contributed by atoms with Gasteiger partial charge in [-0.15, -0.1) is 10.2 Å². The molecular formula is C27H29N5OS. The predicted molar refractivity (Wildman–Crippen MR) is 140 cm³/mol. The highest BCUT2D eigenvalue weighted by atomic mass is 32.2. The number of carbonyl (C=O) groups is 1. The van der Waals surface area contributed by atoms with E-state index in [1.54, 1.807) is 0 Å². The molecule has 3 aromatic carbocycles. The first-order valence-corrected chi connectivity index (χ1v) is 12.2. The fourth-order valence-corrected chi connectivity index (χ4v) is 4.65. The number of aryl methyl sites for hydroxylation is 4. The van der Waals surface area contributed by atoms with Gasteiger partial charge in [0.1, 0.15) is 0 Å². The number of rotatable bonds is 8. The van der Waals surface area contributed by atoms with Gasteiger partial charge in [-0.1, -0.05) is 65.4 Å². The third kappa shape index (κ3) is 5.66. The minimum absolute atomic E-state index is 0.0676. The lowest BCUT2D eigenvalue weighted by molar-refractivity contribution is -0.113. The number of hydrogen-bond donors (Lipinski definition) is 2. The van der Waals surface area contributed by atoms with E-state index in [1.165, 1.54) is 22.9 Å². The summed E-state index contributed by atoms with van der Waals surface area (Å²) in [6.07, 6.45) is 0. The second-order valence-corrected chi connectivity index (χ2v) is 9.34. The van der Waals surface area contributed by atoms with Gasteiger partial charge in [-0.2, -0.15) is 0 Å². The van der Waals surface area contributed by atoms with Crippen molar-refractivity contribution in [2.75, 3.05) is 16.4 Å². The average molecular weight is 472 g/mol. The van der Waals surface area contributed by atoms with Gasteiger partial charge in [0.05, 0.1) is 12.3 Å². The molecule has 6 nitrogen and oxygen atoms in total. The molecule has 0 radical (unpaired) electrons. The zero-order valence-corrected chi connectivity index (χ0v) is 20.7. The van der Waals surface area contributed by atoms with Gasteiger partial charge in [0.25, 0.3) is 0 Å². The molecule has 0 unspecified atom stereocenters. The Bertz CT molecular complexity index is 1260. The zero-order valence-electron chi connectivity index (χ0n) is 19.9. The summed E-state index contributed by atoms with van der Waals surface area (Å²) in [4.78, 5) is 12.8. The molecule has 4 aromatic rings. The van der Waals surface area contributed by atoms with E-state index in [4.69, 9.17) is 0 Å². The van der Waals surface area contributed by atoms with Gasteiger partial charge in [0, 0.05) is 17.1 Å². The molecule has 1 aromatic heterocycles. The molecule has 1 heterocycles. The van der Waals surface area contributed by atoms with E-state index in [0.29, 0.717) is 11.7 Å². The number of hydrogen-bond acceptors (Lipinski definition) is 5.